The Morgan fingerprint density at radius 3 is 2.46 bits per heavy atom. The van der Waals surface area contributed by atoms with E-state index in [4.69, 9.17) is 4.84 Å². The van der Waals surface area contributed by atoms with E-state index in [0.29, 0.717) is 5.56 Å². The van der Waals surface area contributed by atoms with Crippen LogP contribution in [0.5, 0.6) is 0 Å². The molecule has 1 fully saturated rings. The number of carbonyl (C=O) groups excluding carboxylic acids is 2. The van der Waals surface area contributed by atoms with Gasteiger partial charge in [-0.3, -0.25) is 9.59 Å². The lowest BCUT2D eigenvalue weighted by atomic mass is 9.96. The molecule has 1 aliphatic heterocycles. The third kappa shape index (κ3) is 7.52. The van der Waals surface area contributed by atoms with E-state index in [2.05, 4.69) is 15.5 Å². The summed E-state index contributed by atoms with van der Waals surface area (Å²) in [5, 5.41) is 3.18. The molecule has 2 atom stereocenters. The summed E-state index contributed by atoms with van der Waals surface area (Å²) in [6.07, 6.45) is 5.82. The Morgan fingerprint density at radius 2 is 1.76 bits per heavy atom. The van der Waals surface area contributed by atoms with Gasteiger partial charge in [0.2, 0.25) is 0 Å². The minimum atomic E-state index is -0.373. The molecular formula is C30H34N3O4+. The molecule has 7 heteroatoms. The molecule has 1 aliphatic rings. The summed E-state index contributed by atoms with van der Waals surface area (Å²) in [7, 11) is 3.98. The summed E-state index contributed by atoms with van der Waals surface area (Å²) in [6.45, 7) is 0.767. The van der Waals surface area contributed by atoms with Crippen LogP contribution < -0.4 is 15.7 Å². The second kappa shape index (κ2) is 12.9. The number of amides is 2. The van der Waals surface area contributed by atoms with Crippen LogP contribution in [0.3, 0.4) is 0 Å². The lowest BCUT2D eigenvalue weighted by Gasteiger charge is -2.22. The maximum Gasteiger partial charge on any atom is 0.286 e. The highest BCUT2D eigenvalue weighted by Crippen LogP contribution is 2.26. The van der Waals surface area contributed by atoms with E-state index in [-0.39, 0.29) is 24.1 Å². The highest BCUT2D eigenvalue weighted by atomic mass is 16.8. The molecule has 3 aromatic carbocycles. The van der Waals surface area contributed by atoms with Gasteiger partial charge in [0, 0.05) is 44.3 Å². The third-order valence-corrected chi connectivity index (χ3v) is 6.21. The van der Waals surface area contributed by atoms with Gasteiger partial charge in [-0.1, -0.05) is 48.5 Å². The van der Waals surface area contributed by atoms with Gasteiger partial charge >= 0.3 is 0 Å². The maximum absolute atomic E-state index is 13.1. The molecule has 3 N–H and O–H groups in total. The van der Waals surface area contributed by atoms with Crippen LogP contribution in [0.25, 0.3) is 6.08 Å². The average Bonchev–Trinajstić information content (AvgIpc) is 2.95. The first-order valence-electron chi connectivity index (χ1n) is 12.5. The molecule has 37 heavy (non-hydrogen) atoms. The molecule has 0 radical (unpaired) electrons. The molecule has 2 amide bonds. The summed E-state index contributed by atoms with van der Waals surface area (Å²) in [4.78, 5) is 32.8. The molecular weight excluding hydrogens is 466 g/mol. The fourth-order valence-electron chi connectivity index (χ4n) is 4.16. The van der Waals surface area contributed by atoms with E-state index < -0.39 is 0 Å². The Bertz CT molecular complexity index is 1200. The molecule has 1 saturated heterocycles. The maximum atomic E-state index is 13.1. The quantitative estimate of drug-likeness (QED) is 0.260. The van der Waals surface area contributed by atoms with E-state index >= 15 is 0 Å². The first kappa shape index (κ1) is 26.1. The van der Waals surface area contributed by atoms with Gasteiger partial charge in [-0.05, 0) is 59.5 Å². The molecule has 4 rings (SSSR count). The Hall–Kier alpha value is -3.94. The number of ether oxygens (including phenoxy) is 1. The van der Waals surface area contributed by atoms with Crippen LogP contribution in [0.15, 0.2) is 84.9 Å². The summed E-state index contributed by atoms with van der Waals surface area (Å²) >= 11 is 0. The topological polar surface area (TPSA) is 83.5 Å². The van der Waals surface area contributed by atoms with Gasteiger partial charge < -0.3 is 15.0 Å². The van der Waals surface area contributed by atoms with Crippen molar-refractivity contribution in [2.45, 2.75) is 31.6 Å². The van der Waals surface area contributed by atoms with E-state index in [1.807, 2.05) is 85.7 Å². The van der Waals surface area contributed by atoms with Crippen molar-refractivity contribution >= 4 is 23.6 Å². The number of nitrogens with one attached hydrogen (secondary N) is 2. The molecule has 0 saturated carbocycles. The van der Waals surface area contributed by atoms with Gasteiger partial charge in [0.15, 0.2) is 0 Å². The number of benzene rings is 3. The Labute approximate surface area is 218 Å². The highest BCUT2D eigenvalue weighted by molar-refractivity contribution is 5.94. The molecule has 0 spiro atoms. The van der Waals surface area contributed by atoms with Crippen LogP contribution in [0.2, 0.25) is 0 Å². The summed E-state index contributed by atoms with van der Waals surface area (Å²) in [5.41, 5.74) is 6.82. The van der Waals surface area contributed by atoms with Crippen molar-refractivity contribution in [1.29, 1.82) is 0 Å². The van der Waals surface area contributed by atoms with E-state index in [1.54, 1.807) is 18.2 Å². The largest absolute Gasteiger partial charge is 0.408 e. The van der Waals surface area contributed by atoms with Crippen LogP contribution in [-0.4, -0.2) is 43.5 Å². The minimum absolute atomic E-state index is 0.159. The Kier molecular flexibility index (Phi) is 9.08. The number of rotatable bonds is 9. The zero-order valence-corrected chi connectivity index (χ0v) is 21.3. The number of aliphatic hydroxyl groups is 2. The van der Waals surface area contributed by atoms with Gasteiger partial charge in [-0.25, -0.2) is 5.48 Å². The van der Waals surface area contributed by atoms with E-state index in [1.165, 1.54) is 6.08 Å². The van der Waals surface area contributed by atoms with Crippen molar-refractivity contribution < 1.29 is 19.2 Å². The lowest BCUT2D eigenvalue weighted by molar-refractivity contribution is -0.275. The van der Waals surface area contributed by atoms with Crippen LogP contribution in [0, 0.1) is 0 Å². The van der Waals surface area contributed by atoms with Crippen LogP contribution in [0.4, 0.5) is 5.69 Å². The molecule has 2 unspecified atom stereocenters. The summed E-state index contributed by atoms with van der Waals surface area (Å²) in [6, 6.07) is 24.7. The van der Waals surface area contributed by atoms with Crippen molar-refractivity contribution in [3.8, 4) is 0 Å². The van der Waals surface area contributed by atoms with Crippen molar-refractivity contribution in [2.75, 3.05) is 25.6 Å². The Morgan fingerprint density at radius 1 is 0.973 bits per heavy atom. The molecule has 1 heterocycles. The molecule has 3 aromatic rings. The van der Waals surface area contributed by atoms with Crippen molar-refractivity contribution in [1.82, 2.24) is 10.8 Å². The van der Waals surface area contributed by atoms with Gasteiger partial charge in [-0.15, -0.1) is 0 Å². The predicted octanol–water partition coefficient (Wildman–Crippen LogP) is 4.37. The fraction of sp³-hybridized carbons (Fsp3) is 0.267. The Balaban J connectivity index is 1.51. The SMILES string of the molecule is CN(C)c1ccc(C(NC(=O)c2ccccc2)c2cccc(/C=C/C(=O)NOC3CCCC[OH+]3)c2)cc1. The molecule has 192 valence electrons. The fourth-order valence-corrected chi connectivity index (χ4v) is 4.16. The lowest BCUT2D eigenvalue weighted by Crippen LogP contribution is -2.34. The number of hydroxylamine groups is 1. The second-order valence-electron chi connectivity index (χ2n) is 9.20. The summed E-state index contributed by atoms with van der Waals surface area (Å²) < 4.78 is 4.34. The average molecular weight is 501 g/mol. The zero-order chi connectivity index (χ0) is 26.0. The van der Waals surface area contributed by atoms with Gasteiger partial charge in [0.05, 0.1) is 6.04 Å². The zero-order valence-electron chi connectivity index (χ0n) is 21.3. The number of hydrogen-bond acceptors (Lipinski definition) is 4. The standard InChI is InChI=1S/C30H33N3O4/c1-33(2)26-17-15-23(16-18-26)29(31-30(35)24-10-4-3-5-11-24)25-12-8-9-22(21-25)14-19-27(34)32-37-28-13-6-7-20-36-28/h3-5,8-12,14-19,21,28-29H,6-7,13,20H2,1-2H3,(H,31,35)(H,32,34)/p+1/b19-14+. The van der Waals surface area contributed by atoms with E-state index in [9.17, 15) is 9.59 Å². The minimum Gasteiger partial charge on any atom is -0.408 e. The van der Waals surface area contributed by atoms with E-state index in [0.717, 1.165) is 48.2 Å². The highest BCUT2D eigenvalue weighted by Gasteiger charge is 2.20. The van der Waals surface area contributed by atoms with Gasteiger partial charge in [0.1, 0.15) is 6.61 Å². The molecule has 7 nitrogen and oxygen atoms in total. The number of anilines is 1. The van der Waals surface area contributed by atoms with Crippen molar-refractivity contribution in [2.24, 2.45) is 0 Å². The summed E-state index contributed by atoms with van der Waals surface area (Å²) in [5.74, 6) is -0.507. The van der Waals surface area contributed by atoms with Gasteiger partial charge in [-0.2, -0.15) is 4.84 Å². The van der Waals surface area contributed by atoms with Crippen LogP contribution in [0.1, 0.15) is 52.4 Å². The third-order valence-electron chi connectivity index (χ3n) is 6.21. The normalized spacial score (nSPS) is 16.2. The first-order chi connectivity index (χ1) is 18.0. The number of carbonyl (C=O) groups is 2. The van der Waals surface area contributed by atoms with Crippen LogP contribution in [-0.2, 0) is 9.63 Å². The monoisotopic (exact) mass is 500 g/mol. The predicted molar refractivity (Wildman–Crippen MR) is 146 cm³/mol. The van der Waals surface area contributed by atoms with Crippen molar-refractivity contribution in [3.63, 3.8) is 0 Å². The first-order valence-corrected chi connectivity index (χ1v) is 12.5. The molecule has 0 bridgehead atoms. The molecule has 0 aliphatic carbocycles. The molecule has 0 aromatic heterocycles. The van der Waals surface area contributed by atoms with Crippen molar-refractivity contribution in [3.05, 3.63) is 107 Å². The second-order valence-corrected chi connectivity index (χ2v) is 9.20. The number of nitrogens with zero attached hydrogens (tertiary/aromatic N) is 1. The van der Waals surface area contributed by atoms with Crippen LogP contribution >= 0.6 is 0 Å². The number of hydrogen-bond donors (Lipinski definition) is 2. The van der Waals surface area contributed by atoms with Gasteiger partial charge in [0.25, 0.3) is 18.1 Å². The smallest absolute Gasteiger partial charge is 0.286 e.